The average molecular weight is 312 g/mol. The van der Waals surface area contributed by atoms with Gasteiger partial charge in [-0.15, -0.1) is 0 Å². The zero-order valence-electron chi connectivity index (χ0n) is 13.1. The zero-order chi connectivity index (χ0) is 16.1. The predicted octanol–water partition coefficient (Wildman–Crippen LogP) is 3.42. The molecule has 0 spiro atoms. The van der Waals surface area contributed by atoms with Crippen molar-refractivity contribution < 1.29 is 14.3 Å². The molecule has 0 fully saturated rings. The van der Waals surface area contributed by atoms with Crippen molar-refractivity contribution in [1.82, 2.24) is 0 Å². The zero-order valence-corrected chi connectivity index (χ0v) is 13.1. The Bertz CT molecular complexity index is 700. The molecule has 2 aromatic carbocycles. The van der Waals surface area contributed by atoms with Gasteiger partial charge >= 0.3 is 0 Å². The first-order valence-electron chi connectivity index (χ1n) is 7.77. The number of benzene rings is 2. The van der Waals surface area contributed by atoms with Crippen molar-refractivity contribution in [3.8, 4) is 11.5 Å². The van der Waals surface area contributed by atoms with Crippen LogP contribution in [0.4, 0.5) is 11.4 Å². The molecule has 0 saturated heterocycles. The normalized spacial score (nSPS) is 12.8. The van der Waals surface area contributed by atoms with Crippen LogP contribution in [0.15, 0.2) is 42.5 Å². The third-order valence-corrected chi connectivity index (χ3v) is 3.48. The fraction of sp³-hybridized carbons (Fsp3) is 0.278. The van der Waals surface area contributed by atoms with E-state index < -0.39 is 0 Å². The largest absolute Gasteiger partial charge is 0.494 e. The third kappa shape index (κ3) is 3.94. The molecule has 1 heterocycles. The molecule has 3 rings (SSSR count). The Hall–Kier alpha value is -2.69. The number of ether oxygens (including phenoxy) is 2. The number of hydrogen-bond donors (Lipinski definition) is 2. The van der Waals surface area contributed by atoms with Gasteiger partial charge in [-0.1, -0.05) is 19.1 Å². The van der Waals surface area contributed by atoms with Gasteiger partial charge in [0.25, 0.3) is 5.91 Å². The number of nitrogens with one attached hydrogen (secondary N) is 2. The van der Waals surface area contributed by atoms with E-state index in [0.717, 1.165) is 29.1 Å². The first-order chi connectivity index (χ1) is 11.2. The topological polar surface area (TPSA) is 59.6 Å². The molecule has 2 N–H and O–H groups in total. The molecule has 1 aliphatic rings. The summed E-state index contributed by atoms with van der Waals surface area (Å²) in [6, 6.07) is 13.7. The summed E-state index contributed by atoms with van der Waals surface area (Å²) in [6.07, 6.45) is 0.987. The van der Waals surface area contributed by atoms with Gasteiger partial charge in [-0.3, -0.25) is 4.79 Å². The highest BCUT2D eigenvalue weighted by molar-refractivity contribution is 5.95. The second kappa shape index (κ2) is 7.05. The first-order valence-corrected chi connectivity index (χ1v) is 7.77. The summed E-state index contributed by atoms with van der Waals surface area (Å²) >= 11 is 0. The number of fused-ring (bicyclic) bond motifs is 1. The van der Waals surface area contributed by atoms with Gasteiger partial charge in [0.05, 0.1) is 12.3 Å². The molecule has 120 valence electrons. The van der Waals surface area contributed by atoms with Crippen LogP contribution in [0, 0.1) is 0 Å². The predicted molar refractivity (Wildman–Crippen MR) is 90.1 cm³/mol. The quantitative estimate of drug-likeness (QED) is 0.858. The maximum Gasteiger partial charge on any atom is 0.262 e. The first kappa shape index (κ1) is 15.2. The second-order valence-electron chi connectivity index (χ2n) is 5.40. The number of hydrogen-bond acceptors (Lipinski definition) is 4. The standard InChI is InChI=1S/C18H20N2O3/c1-2-8-22-15-5-3-4-14(10-15)19-11-13-6-7-17-16(9-13)20-18(21)12-23-17/h3-7,9-10,19H,2,8,11-12H2,1H3,(H,20,21). The van der Waals surface area contributed by atoms with Crippen LogP contribution in [0.5, 0.6) is 11.5 Å². The molecule has 23 heavy (non-hydrogen) atoms. The van der Waals surface area contributed by atoms with Gasteiger partial charge in [0.1, 0.15) is 11.5 Å². The SMILES string of the molecule is CCCOc1cccc(NCc2ccc3c(c2)NC(=O)CO3)c1. The van der Waals surface area contributed by atoms with Gasteiger partial charge in [0.2, 0.25) is 0 Å². The van der Waals surface area contributed by atoms with E-state index in [1.165, 1.54) is 0 Å². The Morgan fingerprint density at radius 1 is 1.26 bits per heavy atom. The van der Waals surface area contributed by atoms with Crippen molar-refractivity contribution in [3.63, 3.8) is 0 Å². The van der Waals surface area contributed by atoms with Crippen LogP contribution < -0.4 is 20.1 Å². The van der Waals surface area contributed by atoms with Crippen molar-refractivity contribution in [2.45, 2.75) is 19.9 Å². The lowest BCUT2D eigenvalue weighted by molar-refractivity contribution is -0.118. The molecule has 1 amide bonds. The molecule has 0 unspecified atom stereocenters. The molecule has 0 radical (unpaired) electrons. The Morgan fingerprint density at radius 3 is 3.04 bits per heavy atom. The van der Waals surface area contributed by atoms with E-state index in [2.05, 4.69) is 17.6 Å². The van der Waals surface area contributed by atoms with E-state index in [0.29, 0.717) is 18.9 Å². The molecule has 0 bridgehead atoms. The van der Waals surface area contributed by atoms with Crippen molar-refractivity contribution >= 4 is 17.3 Å². The maximum atomic E-state index is 11.4. The Morgan fingerprint density at radius 2 is 2.17 bits per heavy atom. The van der Waals surface area contributed by atoms with Crippen LogP contribution in [-0.2, 0) is 11.3 Å². The summed E-state index contributed by atoms with van der Waals surface area (Å²) in [6.45, 7) is 3.53. The van der Waals surface area contributed by atoms with Gasteiger partial charge in [-0.05, 0) is 36.2 Å². The monoisotopic (exact) mass is 312 g/mol. The molecular formula is C18H20N2O3. The lowest BCUT2D eigenvalue weighted by atomic mass is 10.1. The average Bonchev–Trinajstić information content (AvgIpc) is 2.58. The molecule has 2 aromatic rings. The van der Waals surface area contributed by atoms with Crippen molar-refractivity contribution in [2.75, 3.05) is 23.8 Å². The maximum absolute atomic E-state index is 11.4. The third-order valence-electron chi connectivity index (χ3n) is 3.48. The molecular weight excluding hydrogens is 292 g/mol. The lowest BCUT2D eigenvalue weighted by Crippen LogP contribution is -2.25. The highest BCUT2D eigenvalue weighted by Gasteiger charge is 2.15. The molecule has 0 atom stereocenters. The van der Waals surface area contributed by atoms with Crippen LogP contribution in [0.25, 0.3) is 0 Å². The van der Waals surface area contributed by atoms with E-state index in [1.54, 1.807) is 0 Å². The van der Waals surface area contributed by atoms with Gasteiger partial charge < -0.3 is 20.1 Å². The number of carbonyl (C=O) groups is 1. The number of carbonyl (C=O) groups excluding carboxylic acids is 1. The number of amides is 1. The van der Waals surface area contributed by atoms with E-state index >= 15 is 0 Å². The molecule has 0 saturated carbocycles. The highest BCUT2D eigenvalue weighted by Crippen LogP contribution is 2.28. The fourth-order valence-electron chi connectivity index (χ4n) is 2.36. The van der Waals surface area contributed by atoms with Gasteiger partial charge in [-0.25, -0.2) is 0 Å². The minimum Gasteiger partial charge on any atom is -0.494 e. The van der Waals surface area contributed by atoms with Crippen molar-refractivity contribution in [3.05, 3.63) is 48.0 Å². The van der Waals surface area contributed by atoms with E-state index in [9.17, 15) is 4.79 Å². The van der Waals surface area contributed by atoms with Gasteiger partial charge in [0, 0.05) is 18.3 Å². The fourth-order valence-corrected chi connectivity index (χ4v) is 2.36. The van der Waals surface area contributed by atoms with Gasteiger partial charge in [-0.2, -0.15) is 0 Å². The molecule has 5 heteroatoms. The summed E-state index contributed by atoms with van der Waals surface area (Å²) < 4.78 is 11.0. The summed E-state index contributed by atoms with van der Waals surface area (Å²) in [5.41, 5.74) is 2.78. The second-order valence-corrected chi connectivity index (χ2v) is 5.40. The number of rotatable bonds is 6. The highest BCUT2D eigenvalue weighted by atomic mass is 16.5. The molecule has 0 aromatic heterocycles. The summed E-state index contributed by atoms with van der Waals surface area (Å²) in [4.78, 5) is 11.4. The summed E-state index contributed by atoms with van der Waals surface area (Å²) in [5.74, 6) is 1.45. The summed E-state index contributed by atoms with van der Waals surface area (Å²) in [7, 11) is 0. The van der Waals surface area contributed by atoms with E-state index in [1.807, 2.05) is 42.5 Å². The minimum atomic E-state index is -0.122. The van der Waals surface area contributed by atoms with Crippen LogP contribution in [-0.4, -0.2) is 19.1 Å². The van der Waals surface area contributed by atoms with Crippen molar-refractivity contribution in [1.29, 1.82) is 0 Å². The van der Waals surface area contributed by atoms with E-state index in [4.69, 9.17) is 9.47 Å². The van der Waals surface area contributed by atoms with Crippen molar-refractivity contribution in [2.24, 2.45) is 0 Å². The smallest absolute Gasteiger partial charge is 0.262 e. The van der Waals surface area contributed by atoms with Gasteiger partial charge in [0.15, 0.2) is 6.61 Å². The van der Waals surface area contributed by atoms with Crippen LogP contribution in [0.1, 0.15) is 18.9 Å². The van der Waals surface area contributed by atoms with Crippen LogP contribution >= 0.6 is 0 Å². The molecule has 5 nitrogen and oxygen atoms in total. The Labute approximate surface area is 135 Å². The minimum absolute atomic E-state index is 0.0785. The number of anilines is 2. The molecule has 0 aliphatic carbocycles. The van der Waals surface area contributed by atoms with E-state index in [-0.39, 0.29) is 12.5 Å². The Balaban J connectivity index is 1.64. The van der Waals surface area contributed by atoms with Crippen LogP contribution in [0.2, 0.25) is 0 Å². The Kier molecular flexibility index (Phi) is 4.66. The van der Waals surface area contributed by atoms with Crippen LogP contribution in [0.3, 0.4) is 0 Å². The summed E-state index contributed by atoms with van der Waals surface area (Å²) in [5, 5.41) is 6.18. The lowest BCUT2D eigenvalue weighted by Gasteiger charge is -2.18. The molecule has 1 aliphatic heterocycles.